The topological polar surface area (TPSA) is 8.17 Å². The van der Waals surface area contributed by atoms with Crippen molar-refractivity contribution in [3.63, 3.8) is 0 Å². The molecule has 1 heterocycles. The van der Waals surface area contributed by atoms with Crippen LogP contribution in [0.4, 0.5) is 17.1 Å². The van der Waals surface area contributed by atoms with Crippen LogP contribution in [0.25, 0.3) is 93.5 Å². The minimum absolute atomic E-state index is 1.09. The molecule has 2 heteroatoms. The third-order valence-corrected chi connectivity index (χ3v) is 12.8. The highest BCUT2D eigenvalue weighted by Gasteiger charge is 2.16. The zero-order valence-corrected chi connectivity index (χ0v) is 35.1. The van der Waals surface area contributed by atoms with Crippen LogP contribution in [0.3, 0.4) is 0 Å². The summed E-state index contributed by atoms with van der Waals surface area (Å²) in [6.45, 7) is 0. The molecule has 0 saturated heterocycles. The van der Waals surface area contributed by atoms with E-state index < -0.39 is 0 Å². The van der Waals surface area contributed by atoms with E-state index in [1.807, 2.05) is 0 Å². The molecular weight excluding hydrogens is 773 g/mol. The summed E-state index contributed by atoms with van der Waals surface area (Å²) in [5.41, 5.74) is 16.5. The van der Waals surface area contributed by atoms with E-state index in [2.05, 4.69) is 264 Å². The standard InChI is InChI=1S/C62H42N2/c1-2-12-43(13-3-1)44-22-24-45(25-23-44)46-26-34-51(35-27-46)63(53-40-32-49(33-41-53)60-42-50-14-4-5-15-55(50)56-16-6-7-17-57(56)60)52-36-28-47(29-37-52)48-30-38-54(39-31-48)64-61-20-10-8-18-58(61)59-19-9-11-21-62(59)64/h1-42H. The monoisotopic (exact) mass is 814 g/mol. The fourth-order valence-corrected chi connectivity index (χ4v) is 9.63. The number of nitrogens with zero attached hydrogens (tertiary/aromatic N) is 2. The van der Waals surface area contributed by atoms with Crippen LogP contribution in [0, 0.1) is 0 Å². The third-order valence-electron chi connectivity index (χ3n) is 12.8. The Hall–Kier alpha value is -8.46. The predicted octanol–water partition coefficient (Wildman–Crippen LogP) is 17.2. The lowest BCUT2D eigenvalue weighted by Gasteiger charge is -2.26. The molecule has 11 aromatic carbocycles. The molecule has 0 radical (unpaired) electrons. The summed E-state index contributed by atoms with van der Waals surface area (Å²) in [4.78, 5) is 2.36. The molecule has 0 aliphatic carbocycles. The molecule has 0 aliphatic heterocycles. The molecule has 0 unspecified atom stereocenters. The van der Waals surface area contributed by atoms with Crippen LogP contribution in [-0.4, -0.2) is 4.57 Å². The first-order valence-corrected chi connectivity index (χ1v) is 22.0. The molecule has 0 N–H and O–H groups in total. The van der Waals surface area contributed by atoms with E-state index in [0.29, 0.717) is 0 Å². The van der Waals surface area contributed by atoms with Crippen LogP contribution in [0.2, 0.25) is 0 Å². The van der Waals surface area contributed by atoms with Gasteiger partial charge in [-0.15, -0.1) is 0 Å². The van der Waals surface area contributed by atoms with E-state index >= 15 is 0 Å². The highest BCUT2D eigenvalue weighted by Crippen LogP contribution is 2.40. The maximum Gasteiger partial charge on any atom is 0.0541 e. The summed E-state index contributed by atoms with van der Waals surface area (Å²) in [5.74, 6) is 0. The summed E-state index contributed by atoms with van der Waals surface area (Å²) in [7, 11) is 0. The molecule has 0 bridgehead atoms. The summed E-state index contributed by atoms with van der Waals surface area (Å²) >= 11 is 0. The second-order valence-electron chi connectivity index (χ2n) is 16.5. The maximum absolute atomic E-state index is 2.37. The second-order valence-corrected chi connectivity index (χ2v) is 16.5. The predicted molar refractivity (Wildman–Crippen MR) is 272 cm³/mol. The minimum Gasteiger partial charge on any atom is -0.311 e. The Morgan fingerprint density at radius 1 is 0.250 bits per heavy atom. The Morgan fingerprint density at radius 2 is 0.609 bits per heavy atom. The quantitative estimate of drug-likeness (QED) is 0.139. The van der Waals surface area contributed by atoms with Gasteiger partial charge in [-0.05, 0) is 133 Å². The highest BCUT2D eigenvalue weighted by molar-refractivity contribution is 6.14. The van der Waals surface area contributed by atoms with E-state index in [1.165, 1.54) is 87.9 Å². The molecular formula is C62H42N2. The van der Waals surface area contributed by atoms with Gasteiger partial charge in [0.2, 0.25) is 0 Å². The Labute approximate surface area is 373 Å². The molecule has 0 fully saturated rings. The first-order valence-electron chi connectivity index (χ1n) is 22.0. The van der Waals surface area contributed by atoms with Crippen molar-refractivity contribution >= 4 is 60.4 Å². The van der Waals surface area contributed by atoms with Gasteiger partial charge < -0.3 is 9.47 Å². The molecule has 0 saturated carbocycles. The summed E-state index contributed by atoms with van der Waals surface area (Å²) in [6.07, 6.45) is 0. The third kappa shape index (κ3) is 6.61. The number of aromatic nitrogens is 1. The van der Waals surface area contributed by atoms with E-state index in [4.69, 9.17) is 0 Å². The van der Waals surface area contributed by atoms with E-state index in [-0.39, 0.29) is 0 Å². The van der Waals surface area contributed by atoms with Crippen molar-refractivity contribution in [2.75, 3.05) is 4.90 Å². The van der Waals surface area contributed by atoms with E-state index in [1.54, 1.807) is 0 Å². The van der Waals surface area contributed by atoms with Crippen molar-refractivity contribution in [2.45, 2.75) is 0 Å². The van der Waals surface area contributed by atoms with Crippen LogP contribution < -0.4 is 4.90 Å². The Morgan fingerprint density at radius 3 is 1.12 bits per heavy atom. The zero-order valence-electron chi connectivity index (χ0n) is 35.1. The lowest BCUT2D eigenvalue weighted by molar-refractivity contribution is 1.18. The molecule has 2 nitrogen and oxygen atoms in total. The number of benzene rings is 11. The number of hydrogen-bond acceptors (Lipinski definition) is 1. The smallest absolute Gasteiger partial charge is 0.0541 e. The van der Waals surface area contributed by atoms with Crippen molar-refractivity contribution in [1.82, 2.24) is 4.57 Å². The van der Waals surface area contributed by atoms with Gasteiger partial charge in [0.1, 0.15) is 0 Å². The molecule has 1 aromatic heterocycles. The van der Waals surface area contributed by atoms with Crippen LogP contribution in [0.1, 0.15) is 0 Å². The SMILES string of the molecule is c1ccc(-c2ccc(-c3ccc(N(c4ccc(-c5ccc(-n6c7ccccc7c7ccccc76)cc5)cc4)c4ccc(-c5cc6ccccc6c6ccccc56)cc4)cc3)cc2)cc1. The van der Waals surface area contributed by atoms with E-state index in [9.17, 15) is 0 Å². The van der Waals surface area contributed by atoms with Crippen LogP contribution in [-0.2, 0) is 0 Å². The van der Waals surface area contributed by atoms with Crippen LogP contribution >= 0.6 is 0 Å². The number of hydrogen-bond donors (Lipinski definition) is 0. The number of para-hydroxylation sites is 2. The fourth-order valence-electron chi connectivity index (χ4n) is 9.63. The largest absolute Gasteiger partial charge is 0.311 e. The highest BCUT2D eigenvalue weighted by atomic mass is 15.1. The van der Waals surface area contributed by atoms with Crippen molar-refractivity contribution in [1.29, 1.82) is 0 Å². The number of rotatable bonds is 8. The van der Waals surface area contributed by atoms with Gasteiger partial charge in [-0.3, -0.25) is 0 Å². The van der Waals surface area contributed by atoms with Gasteiger partial charge in [0, 0.05) is 33.5 Å². The average Bonchev–Trinajstić information content (AvgIpc) is 3.72. The van der Waals surface area contributed by atoms with Gasteiger partial charge in [-0.1, -0.05) is 188 Å². The Balaban J connectivity index is 0.896. The number of fused-ring (bicyclic) bond motifs is 6. The van der Waals surface area contributed by atoms with Gasteiger partial charge >= 0.3 is 0 Å². The maximum atomic E-state index is 2.37. The van der Waals surface area contributed by atoms with Gasteiger partial charge in [0.25, 0.3) is 0 Å². The average molecular weight is 815 g/mol. The molecule has 12 rings (SSSR count). The fraction of sp³-hybridized carbons (Fsp3) is 0. The Bertz CT molecular complexity index is 3550. The minimum atomic E-state index is 1.09. The summed E-state index contributed by atoms with van der Waals surface area (Å²) in [5, 5.41) is 7.60. The van der Waals surface area contributed by atoms with Crippen LogP contribution in [0.5, 0.6) is 0 Å². The van der Waals surface area contributed by atoms with Gasteiger partial charge in [0.05, 0.1) is 11.0 Å². The van der Waals surface area contributed by atoms with Gasteiger partial charge in [0.15, 0.2) is 0 Å². The lowest BCUT2D eigenvalue weighted by Crippen LogP contribution is -2.09. The van der Waals surface area contributed by atoms with Gasteiger partial charge in [-0.25, -0.2) is 0 Å². The molecule has 0 aliphatic rings. The molecule has 64 heavy (non-hydrogen) atoms. The first kappa shape index (κ1) is 37.3. The molecule has 0 atom stereocenters. The summed E-state index contributed by atoms with van der Waals surface area (Å²) < 4.78 is 2.37. The van der Waals surface area contributed by atoms with Crippen molar-refractivity contribution in [3.8, 4) is 50.2 Å². The van der Waals surface area contributed by atoms with Crippen LogP contribution in [0.15, 0.2) is 255 Å². The van der Waals surface area contributed by atoms with Crippen molar-refractivity contribution < 1.29 is 0 Å². The Kier molecular flexibility index (Phi) is 9.20. The molecule has 0 spiro atoms. The zero-order chi connectivity index (χ0) is 42.4. The lowest BCUT2D eigenvalue weighted by atomic mass is 9.93. The summed E-state index contributed by atoms with van der Waals surface area (Å²) in [6, 6.07) is 92.5. The number of anilines is 3. The first-order chi connectivity index (χ1) is 31.7. The normalized spacial score (nSPS) is 11.4. The van der Waals surface area contributed by atoms with Crippen molar-refractivity contribution in [2.24, 2.45) is 0 Å². The molecule has 0 amide bonds. The molecule has 12 aromatic rings. The molecule has 300 valence electrons. The van der Waals surface area contributed by atoms with Crippen molar-refractivity contribution in [3.05, 3.63) is 255 Å². The van der Waals surface area contributed by atoms with Gasteiger partial charge in [-0.2, -0.15) is 0 Å². The van der Waals surface area contributed by atoms with E-state index in [0.717, 1.165) is 22.7 Å². The second kappa shape index (κ2) is 15.8.